The summed E-state index contributed by atoms with van der Waals surface area (Å²) in [6.45, 7) is 12.4. The van der Waals surface area contributed by atoms with E-state index in [1.54, 1.807) is 0 Å². The minimum absolute atomic E-state index is 0.132. The fourth-order valence-corrected chi connectivity index (χ4v) is 3.74. The monoisotopic (exact) mass is 578 g/mol. The Bertz CT molecular complexity index is 480. The second-order valence-corrected chi connectivity index (χ2v) is 9.79. The van der Waals surface area contributed by atoms with Crippen LogP contribution in [-0.2, 0) is 42.7 Å². The predicted molar refractivity (Wildman–Crippen MR) is 158 cm³/mol. The predicted octanol–water partition coefficient (Wildman–Crippen LogP) is 5.76. The molecule has 0 aliphatic rings. The van der Waals surface area contributed by atoms with Gasteiger partial charge in [-0.15, -0.1) is 0 Å². The van der Waals surface area contributed by atoms with Crippen LogP contribution in [0.1, 0.15) is 97.3 Å². The number of unbranched alkanes of at least 4 members (excludes halogenated alkanes) is 10. The minimum atomic E-state index is -0.132. The van der Waals surface area contributed by atoms with Crippen molar-refractivity contribution in [3.05, 3.63) is 0 Å². The van der Waals surface area contributed by atoms with Crippen molar-refractivity contribution in [1.82, 2.24) is 0 Å². The highest BCUT2D eigenvalue weighted by Crippen LogP contribution is 2.08. The van der Waals surface area contributed by atoms with E-state index in [2.05, 4.69) is 13.8 Å². The van der Waals surface area contributed by atoms with Crippen molar-refractivity contribution in [2.45, 2.75) is 97.3 Å². The summed E-state index contributed by atoms with van der Waals surface area (Å²) >= 11 is 0. The van der Waals surface area contributed by atoms with Crippen LogP contribution in [0.3, 0.4) is 0 Å². The molecule has 240 valence electrons. The number of carbonyl (C=O) groups is 1. The van der Waals surface area contributed by atoms with E-state index in [0.717, 1.165) is 25.9 Å². The van der Waals surface area contributed by atoms with E-state index >= 15 is 0 Å². The second-order valence-electron chi connectivity index (χ2n) is 9.79. The molecule has 0 aliphatic heterocycles. The molecule has 40 heavy (non-hydrogen) atoms. The first kappa shape index (κ1) is 39.2. The lowest BCUT2D eigenvalue weighted by Gasteiger charge is -2.09. The first-order valence-electron chi connectivity index (χ1n) is 16.0. The first-order valence-corrected chi connectivity index (χ1v) is 16.0. The Morgan fingerprint density at radius 2 is 0.650 bits per heavy atom. The molecule has 0 heterocycles. The highest BCUT2D eigenvalue weighted by Gasteiger charge is 2.02. The van der Waals surface area contributed by atoms with Gasteiger partial charge in [-0.1, -0.05) is 78.1 Å². The lowest BCUT2D eigenvalue weighted by atomic mass is 10.1. The van der Waals surface area contributed by atoms with E-state index in [1.807, 2.05) is 0 Å². The Balaban J connectivity index is 3.09. The van der Waals surface area contributed by atoms with Gasteiger partial charge >= 0.3 is 5.97 Å². The second kappa shape index (κ2) is 36.2. The number of hydrogen-bond acceptors (Lipinski definition) is 9. The van der Waals surface area contributed by atoms with Crippen molar-refractivity contribution in [3.8, 4) is 0 Å². The number of rotatable bonds is 35. The van der Waals surface area contributed by atoms with Crippen molar-refractivity contribution in [2.24, 2.45) is 0 Å². The summed E-state index contributed by atoms with van der Waals surface area (Å²) in [7, 11) is 0. The van der Waals surface area contributed by atoms with Gasteiger partial charge in [0, 0.05) is 13.0 Å². The summed E-state index contributed by atoms with van der Waals surface area (Å²) in [4.78, 5) is 11.7. The van der Waals surface area contributed by atoms with Gasteiger partial charge in [-0.3, -0.25) is 4.79 Å². The van der Waals surface area contributed by atoms with Crippen LogP contribution in [0.15, 0.2) is 0 Å². The third-order valence-corrected chi connectivity index (χ3v) is 6.10. The summed E-state index contributed by atoms with van der Waals surface area (Å²) in [5.41, 5.74) is 0. The molecular weight excluding hydrogens is 516 g/mol. The Labute approximate surface area is 245 Å². The summed E-state index contributed by atoms with van der Waals surface area (Å²) in [5.74, 6) is -0.132. The summed E-state index contributed by atoms with van der Waals surface area (Å²) in [6, 6.07) is 0. The molecule has 9 heteroatoms. The lowest BCUT2D eigenvalue weighted by molar-refractivity contribution is -0.145. The molecule has 0 amide bonds. The Hall–Kier alpha value is -0.810. The zero-order chi connectivity index (χ0) is 29.0. The Morgan fingerprint density at radius 3 is 1.05 bits per heavy atom. The first-order chi connectivity index (χ1) is 19.8. The zero-order valence-electron chi connectivity index (χ0n) is 26.0. The average molecular weight is 579 g/mol. The topological polar surface area (TPSA) is 90.9 Å². The van der Waals surface area contributed by atoms with Gasteiger partial charge in [-0.25, -0.2) is 0 Å². The summed E-state index contributed by atoms with van der Waals surface area (Å²) in [6.07, 6.45) is 15.1. The average Bonchev–Trinajstić information content (AvgIpc) is 2.96. The molecule has 0 rings (SSSR count). The molecule has 0 unspecified atom stereocenters. The van der Waals surface area contributed by atoms with E-state index < -0.39 is 0 Å². The molecule has 9 nitrogen and oxygen atoms in total. The zero-order valence-corrected chi connectivity index (χ0v) is 26.0. The van der Waals surface area contributed by atoms with Crippen LogP contribution in [0.5, 0.6) is 0 Å². The van der Waals surface area contributed by atoms with E-state index in [-0.39, 0.29) is 5.97 Å². The van der Waals surface area contributed by atoms with Gasteiger partial charge in [0.2, 0.25) is 0 Å². The Morgan fingerprint density at radius 1 is 0.350 bits per heavy atom. The molecule has 0 spiro atoms. The van der Waals surface area contributed by atoms with E-state index in [4.69, 9.17) is 37.9 Å². The maximum absolute atomic E-state index is 11.7. The molecule has 0 radical (unpaired) electrons. The standard InChI is InChI=1S/C31H62O9/c1-3-5-7-9-10-11-13-15-31(32)40-30-29-39-28-27-38-26-25-37-24-23-36-22-21-35-20-19-34-18-17-33-16-14-12-8-6-4-2/h3-30H2,1-2H3. The quantitative estimate of drug-likeness (QED) is 0.0688. The van der Waals surface area contributed by atoms with Crippen molar-refractivity contribution in [1.29, 1.82) is 0 Å². The van der Waals surface area contributed by atoms with Gasteiger partial charge in [0.1, 0.15) is 6.61 Å². The van der Waals surface area contributed by atoms with Gasteiger partial charge in [0.15, 0.2) is 0 Å². The maximum atomic E-state index is 11.7. The van der Waals surface area contributed by atoms with Crippen molar-refractivity contribution in [3.63, 3.8) is 0 Å². The molecule has 0 fully saturated rings. The minimum Gasteiger partial charge on any atom is -0.463 e. The Kier molecular flexibility index (Phi) is 35.5. The molecule has 0 saturated heterocycles. The van der Waals surface area contributed by atoms with Crippen LogP contribution in [0, 0.1) is 0 Å². The van der Waals surface area contributed by atoms with E-state index in [0.29, 0.717) is 98.9 Å². The highest BCUT2D eigenvalue weighted by atomic mass is 16.6. The van der Waals surface area contributed by atoms with Gasteiger partial charge in [-0.2, -0.15) is 0 Å². The molecule has 0 N–H and O–H groups in total. The molecule has 0 saturated carbocycles. The molecule has 0 aromatic heterocycles. The molecule has 0 aromatic rings. The number of esters is 1. The lowest BCUT2D eigenvalue weighted by Crippen LogP contribution is -2.15. The van der Waals surface area contributed by atoms with Crippen LogP contribution in [-0.4, -0.2) is 105 Å². The smallest absolute Gasteiger partial charge is 0.305 e. The van der Waals surface area contributed by atoms with Crippen LogP contribution < -0.4 is 0 Å². The van der Waals surface area contributed by atoms with Crippen LogP contribution in [0.2, 0.25) is 0 Å². The van der Waals surface area contributed by atoms with Gasteiger partial charge < -0.3 is 37.9 Å². The van der Waals surface area contributed by atoms with E-state index in [9.17, 15) is 4.79 Å². The van der Waals surface area contributed by atoms with Crippen LogP contribution in [0.4, 0.5) is 0 Å². The molecular formula is C31H62O9. The van der Waals surface area contributed by atoms with Gasteiger partial charge in [0.05, 0.1) is 85.9 Å². The van der Waals surface area contributed by atoms with Crippen molar-refractivity contribution >= 4 is 5.97 Å². The molecule has 0 bridgehead atoms. The molecule has 0 aromatic carbocycles. The number of ether oxygens (including phenoxy) is 8. The van der Waals surface area contributed by atoms with Crippen LogP contribution in [0.25, 0.3) is 0 Å². The van der Waals surface area contributed by atoms with Crippen molar-refractivity contribution in [2.75, 3.05) is 99.1 Å². The number of carbonyl (C=O) groups excluding carboxylic acids is 1. The van der Waals surface area contributed by atoms with Gasteiger partial charge in [-0.05, 0) is 12.8 Å². The largest absolute Gasteiger partial charge is 0.463 e. The SMILES string of the molecule is CCCCCCCCCC(=O)OCCOCCOCCOCCOCCOCCOCCOCCCCCCC. The molecule has 0 atom stereocenters. The fourth-order valence-electron chi connectivity index (χ4n) is 3.74. The highest BCUT2D eigenvalue weighted by molar-refractivity contribution is 5.69. The van der Waals surface area contributed by atoms with Crippen molar-refractivity contribution < 1.29 is 42.7 Å². The van der Waals surface area contributed by atoms with E-state index in [1.165, 1.54) is 57.8 Å². The fraction of sp³-hybridized carbons (Fsp3) is 0.968. The molecule has 0 aliphatic carbocycles. The third kappa shape index (κ3) is 35.2. The van der Waals surface area contributed by atoms with Gasteiger partial charge in [0.25, 0.3) is 0 Å². The number of hydrogen-bond donors (Lipinski definition) is 0. The van der Waals surface area contributed by atoms with Crippen LogP contribution >= 0.6 is 0 Å². The summed E-state index contributed by atoms with van der Waals surface area (Å²) in [5, 5.41) is 0. The third-order valence-electron chi connectivity index (χ3n) is 6.10. The normalized spacial score (nSPS) is 11.3. The maximum Gasteiger partial charge on any atom is 0.305 e. The summed E-state index contributed by atoms with van der Waals surface area (Å²) < 4.78 is 43.5.